The van der Waals surface area contributed by atoms with Crippen LogP contribution in [0.3, 0.4) is 0 Å². The number of rotatable bonds is 5. The van der Waals surface area contributed by atoms with Gasteiger partial charge in [-0.1, -0.05) is 41.4 Å². The lowest BCUT2D eigenvalue weighted by atomic mass is 9.96. The SMILES string of the molecule is O=C(NCc1ccc(Cl)cc1)C1CCCN(Cc2c(F)cccc2Cl)C1. The number of piperidine rings is 1. The summed E-state index contributed by atoms with van der Waals surface area (Å²) >= 11 is 12.0. The lowest BCUT2D eigenvalue weighted by Crippen LogP contribution is -2.42. The van der Waals surface area contributed by atoms with Crippen LogP contribution in [0.1, 0.15) is 24.0 Å². The van der Waals surface area contributed by atoms with E-state index in [1.807, 2.05) is 24.3 Å². The fourth-order valence-electron chi connectivity index (χ4n) is 3.26. The van der Waals surface area contributed by atoms with Crippen molar-refractivity contribution >= 4 is 29.1 Å². The third-order valence-electron chi connectivity index (χ3n) is 4.70. The Morgan fingerprint density at radius 1 is 1.19 bits per heavy atom. The monoisotopic (exact) mass is 394 g/mol. The number of hydrogen-bond donors (Lipinski definition) is 1. The number of amides is 1. The third kappa shape index (κ3) is 4.97. The van der Waals surface area contributed by atoms with Gasteiger partial charge in [0.25, 0.3) is 0 Å². The van der Waals surface area contributed by atoms with Crippen molar-refractivity contribution in [2.24, 2.45) is 5.92 Å². The van der Waals surface area contributed by atoms with Gasteiger partial charge >= 0.3 is 0 Å². The number of benzene rings is 2. The first-order valence-electron chi connectivity index (χ1n) is 8.70. The summed E-state index contributed by atoms with van der Waals surface area (Å²) in [6.07, 6.45) is 1.75. The van der Waals surface area contributed by atoms with Crippen molar-refractivity contribution in [3.63, 3.8) is 0 Å². The minimum atomic E-state index is -0.299. The van der Waals surface area contributed by atoms with E-state index in [4.69, 9.17) is 23.2 Å². The summed E-state index contributed by atoms with van der Waals surface area (Å²) in [5.41, 5.74) is 1.50. The predicted octanol–water partition coefficient (Wildman–Crippen LogP) is 4.66. The lowest BCUT2D eigenvalue weighted by Gasteiger charge is -2.32. The van der Waals surface area contributed by atoms with Gasteiger partial charge in [-0.3, -0.25) is 9.69 Å². The molecule has 0 saturated carbocycles. The van der Waals surface area contributed by atoms with E-state index < -0.39 is 0 Å². The number of carbonyl (C=O) groups is 1. The van der Waals surface area contributed by atoms with E-state index in [9.17, 15) is 9.18 Å². The van der Waals surface area contributed by atoms with Crippen LogP contribution in [0, 0.1) is 11.7 Å². The number of halogens is 3. The molecule has 1 saturated heterocycles. The quantitative estimate of drug-likeness (QED) is 0.799. The fraction of sp³-hybridized carbons (Fsp3) is 0.350. The van der Waals surface area contributed by atoms with E-state index in [1.165, 1.54) is 6.07 Å². The Morgan fingerprint density at radius 2 is 1.96 bits per heavy atom. The van der Waals surface area contributed by atoms with Gasteiger partial charge in [-0.15, -0.1) is 0 Å². The van der Waals surface area contributed by atoms with Gasteiger partial charge < -0.3 is 5.32 Å². The predicted molar refractivity (Wildman–Crippen MR) is 103 cm³/mol. The molecular weight excluding hydrogens is 374 g/mol. The van der Waals surface area contributed by atoms with Crippen LogP contribution in [0.4, 0.5) is 4.39 Å². The number of nitrogens with zero attached hydrogens (tertiary/aromatic N) is 1. The highest BCUT2D eigenvalue weighted by molar-refractivity contribution is 6.31. The van der Waals surface area contributed by atoms with Crippen molar-refractivity contribution in [1.29, 1.82) is 0 Å². The highest BCUT2D eigenvalue weighted by atomic mass is 35.5. The largest absolute Gasteiger partial charge is 0.352 e. The van der Waals surface area contributed by atoms with Gasteiger partial charge in [0.05, 0.1) is 5.92 Å². The molecule has 0 bridgehead atoms. The van der Waals surface area contributed by atoms with Crippen molar-refractivity contribution in [3.05, 3.63) is 69.5 Å². The zero-order valence-electron chi connectivity index (χ0n) is 14.4. The Balaban J connectivity index is 1.55. The number of carbonyl (C=O) groups excluding carboxylic acids is 1. The van der Waals surface area contributed by atoms with Crippen molar-refractivity contribution < 1.29 is 9.18 Å². The number of nitrogens with one attached hydrogen (secondary N) is 1. The van der Waals surface area contributed by atoms with Gasteiger partial charge in [0.15, 0.2) is 0 Å². The zero-order valence-corrected chi connectivity index (χ0v) is 15.9. The Kier molecular flexibility index (Phi) is 6.52. The molecule has 1 atom stereocenters. The molecule has 1 aliphatic heterocycles. The Hall–Kier alpha value is -1.62. The third-order valence-corrected chi connectivity index (χ3v) is 5.31. The molecule has 3 nitrogen and oxygen atoms in total. The maximum absolute atomic E-state index is 14.0. The molecule has 0 aliphatic carbocycles. The van der Waals surface area contributed by atoms with Crippen LogP contribution in [-0.2, 0) is 17.9 Å². The van der Waals surface area contributed by atoms with Crippen LogP contribution in [-0.4, -0.2) is 23.9 Å². The summed E-state index contributed by atoms with van der Waals surface area (Å²) in [4.78, 5) is 14.6. The molecule has 1 aliphatic rings. The maximum Gasteiger partial charge on any atom is 0.224 e. The van der Waals surface area contributed by atoms with E-state index in [-0.39, 0.29) is 17.6 Å². The van der Waals surface area contributed by atoms with Crippen LogP contribution in [0.15, 0.2) is 42.5 Å². The van der Waals surface area contributed by atoms with E-state index in [0.717, 1.165) is 24.9 Å². The summed E-state index contributed by atoms with van der Waals surface area (Å²) in [6, 6.07) is 12.1. The molecule has 3 rings (SSSR count). The topological polar surface area (TPSA) is 32.3 Å². The summed E-state index contributed by atoms with van der Waals surface area (Å²) in [5, 5.41) is 4.09. The first kappa shape index (κ1) is 19.2. The van der Waals surface area contributed by atoms with Crippen LogP contribution in [0.25, 0.3) is 0 Å². The van der Waals surface area contributed by atoms with Gasteiger partial charge in [0, 0.05) is 35.2 Å². The molecule has 6 heteroatoms. The second-order valence-electron chi connectivity index (χ2n) is 6.62. The highest BCUT2D eigenvalue weighted by Gasteiger charge is 2.26. The molecule has 0 spiro atoms. The summed E-state index contributed by atoms with van der Waals surface area (Å²) in [7, 11) is 0. The molecule has 1 N–H and O–H groups in total. The Bertz CT molecular complexity index is 747. The summed E-state index contributed by atoms with van der Waals surface area (Å²) in [5.74, 6) is -0.363. The highest BCUT2D eigenvalue weighted by Crippen LogP contribution is 2.24. The van der Waals surface area contributed by atoms with Crippen molar-refractivity contribution in [2.75, 3.05) is 13.1 Å². The van der Waals surface area contributed by atoms with Crippen molar-refractivity contribution in [1.82, 2.24) is 10.2 Å². The fourth-order valence-corrected chi connectivity index (χ4v) is 3.60. The Morgan fingerprint density at radius 3 is 2.69 bits per heavy atom. The minimum absolute atomic E-state index is 0.0317. The molecular formula is C20H21Cl2FN2O. The van der Waals surface area contributed by atoms with Gasteiger partial charge in [-0.05, 0) is 49.2 Å². The van der Waals surface area contributed by atoms with Gasteiger partial charge in [-0.25, -0.2) is 4.39 Å². The van der Waals surface area contributed by atoms with Crippen molar-refractivity contribution in [2.45, 2.75) is 25.9 Å². The second-order valence-corrected chi connectivity index (χ2v) is 7.46. The van der Waals surface area contributed by atoms with E-state index in [0.29, 0.717) is 35.2 Å². The first-order chi connectivity index (χ1) is 12.5. The smallest absolute Gasteiger partial charge is 0.224 e. The molecule has 1 fully saturated rings. The van der Waals surface area contributed by atoms with E-state index >= 15 is 0 Å². The van der Waals surface area contributed by atoms with Crippen LogP contribution >= 0.6 is 23.2 Å². The van der Waals surface area contributed by atoms with E-state index in [1.54, 1.807) is 12.1 Å². The standard InChI is InChI=1S/C20H21Cl2FN2O/c21-16-8-6-14(7-9-16)11-24-20(26)15-3-2-10-25(12-15)13-17-18(22)4-1-5-19(17)23/h1,4-9,15H,2-3,10-13H2,(H,24,26). The van der Waals surface area contributed by atoms with Gasteiger partial charge in [0.1, 0.15) is 5.82 Å². The molecule has 2 aromatic rings. The van der Waals surface area contributed by atoms with Gasteiger partial charge in [-0.2, -0.15) is 0 Å². The average molecular weight is 395 g/mol. The first-order valence-corrected chi connectivity index (χ1v) is 9.46. The number of hydrogen-bond acceptors (Lipinski definition) is 2. The maximum atomic E-state index is 14.0. The molecule has 1 heterocycles. The normalized spacial score (nSPS) is 17.9. The molecule has 0 radical (unpaired) electrons. The minimum Gasteiger partial charge on any atom is -0.352 e. The molecule has 2 aromatic carbocycles. The molecule has 0 aromatic heterocycles. The second kappa shape index (κ2) is 8.85. The van der Waals surface area contributed by atoms with Crippen molar-refractivity contribution in [3.8, 4) is 0 Å². The van der Waals surface area contributed by atoms with E-state index in [2.05, 4.69) is 10.2 Å². The summed E-state index contributed by atoms with van der Waals surface area (Å²) in [6.45, 7) is 2.35. The zero-order chi connectivity index (χ0) is 18.5. The molecule has 1 unspecified atom stereocenters. The molecule has 26 heavy (non-hydrogen) atoms. The average Bonchev–Trinajstić information content (AvgIpc) is 2.64. The van der Waals surface area contributed by atoms with Gasteiger partial charge in [0.2, 0.25) is 5.91 Å². The Labute approximate surface area is 163 Å². The molecule has 1 amide bonds. The molecule has 138 valence electrons. The summed E-state index contributed by atoms with van der Waals surface area (Å²) < 4.78 is 14.0. The lowest BCUT2D eigenvalue weighted by molar-refractivity contribution is -0.126. The van der Waals surface area contributed by atoms with Crippen LogP contribution in [0.2, 0.25) is 10.0 Å². The van der Waals surface area contributed by atoms with Crippen LogP contribution < -0.4 is 5.32 Å². The number of likely N-dealkylation sites (tertiary alicyclic amines) is 1. The van der Waals surface area contributed by atoms with Crippen LogP contribution in [0.5, 0.6) is 0 Å².